The maximum Gasteiger partial charge on any atom is 0.226 e. The first-order valence-corrected chi connectivity index (χ1v) is 8.34. The second kappa shape index (κ2) is 7.77. The first-order chi connectivity index (χ1) is 11.3. The topological polar surface area (TPSA) is 20.3 Å². The molecule has 2 aromatic rings. The van der Waals surface area contributed by atoms with Crippen molar-refractivity contribution in [3.8, 4) is 0 Å². The van der Waals surface area contributed by atoms with Crippen LogP contribution in [-0.2, 0) is 17.9 Å². The molecule has 0 spiro atoms. The second-order valence-electron chi connectivity index (χ2n) is 6.15. The SMILES string of the molecule is O=C([C@@H]1CC=CCC1)N(Cc1ccccc1)Cc1ccccc1. The van der Waals surface area contributed by atoms with E-state index in [1.165, 1.54) is 11.1 Å². The van der Waals surface area contributed by atoms with Crippen LogP contribution in [0, 0.1) is 5.92 Å². The van der Waals surface area contributed by atoms with Crippen LogP contribution in [0.1, 0.15) is 30.4 Å². The van der Waals surface area contributed by atoms with Gasteiger partial charge >= 0.3 is 0 Å². The predicted molar refractivity (Wildman–Crippen MR) is 93.6 cm³/mol. The highest BCUT2D eigenvalue weighted by Crippen LogP contribution is 2.23. The molecule has 0 unspecified atom stereocenters. The molecule has 0 saturated heterocycles. The van der Waals surface area contributed by atoms with Crippen LogP contribution < -0.4 is 0 Å². The highest BCUT2D eigenvalue weighted by Gasteiger charge is 2.24. The Morgan fingerprint density at radius 1 is 0.870 bits per heavy atom. The molecular formula is C21H23NO. The van der Waals surface area contributed by atoms with Gasteiger partial charge < -0.3 is 4.90 Å². The predicted octanol–water partition coefficient (Wildman–Crippen LogP) is 4.57. The van der Waals surface area contributed by atoms with E-state index in [0.29, 0.717) is 13.1 Å². The van der Waals surface area contributed by atoms with Crippen molar-refractivity contribution in [2.75, 3.05) is 0 Å². The summed E-state index contributed by atoms with van der Waals surface area (Å²) >= 11 is 0. The Balaban J connectivity index is 1.77. The van der Waals surface area contributed by atoms with Crippen molar-refractivity contribution < 1.29 is 4.79 Å². The number of hydrogen-bond acceptors (Lipinski definition) is 1. The Labute approximate surface area is 138 Å². The number of rotatable bonds is 5. The van der Waals surface area contributed by atoms with Crippen LogP contribution in [0.5, 0.6) is 0 Å². The summed E-state index contributed by atoms with van der Waals surface area (Å²) < 4.78 is 0. The monoisotopic (exact) mass is 305 g/mol. The lowest BCUT2D eigenvalue weighted by Crippen LogP contribution is -2.35. The molecule has 2 aromatic carbocycles. The van der Waals surface area contributed by atoms with Gasteiger partial charge in [0.1, 0.15) is 0 Å². The van der Waals surface area contributed by atoms with Crippen LogP contribution in [0.2, 0.25) is 0 Å². The van der Waals surface area contributed by atoms with E-state index in [2.05, 4.69) is 36.4 Å². The fourth-order valence-corrected chi connectivity index (χ4v) is 3.10. The first-order valence-electron chi connectivity index (χ1n) is 8.34. The molecule has 0 aromatic heterocycles. The summed E-state index contributed by atoms with van der Waals surface area (Å²) in [6.07, 6.45) is 7.19. The van der Waals surface area contributed by atoms with Crippen molar-refractivity contribution in [3.05, 3.63) is 83.9 Å². The third-order valence-corrected chi connectivity index (χ3v) is 4.36. The molecule has 0 aliphatic heterocycles. The van der Waals surface area contributed by atoms with Gasteiger partial charge in [-0.25, -0.2) is 0 Å². The van der Waals surface area contributed by atoms with Gasteiger partial charge in [-0.3, -0.25) is 4.79 Å². The Hall–Kier alpha value is -2.35. The van der Waals surface area contributed by atoms with Crippen LogP contribution in [0.3, 0.4) is 0 Å². The zero-order valence-electron chi connectivity index (χ0n) is 13.4. The third kappa shape index (κ3) is 4.32. The van der Waals surface area contributed by atoms with Gasteiger partial charge in [0.05, 0.1) is 0 Å². The molecule has 0 heterocycles. The summed E-state index contributed by atoms with van der Waals surface area (Å²) in [5, 5.41) is 0. The van der Waals surface area contributed by atoms with E-state index in [-0.39, 0.29) is 11.8 Å². The number of hydrogen-bond donors (Lipinski definition) is 0. The fourth-order valence-electron chi connectivity index (χ4n) is 3.10. The van der Waals surface area contributed by atoms with Gasteiger partial charge in [0.2, 0.25) is 5.91 Å². The highest BCUT2D eigenvalue weighted by atomic mass is 16.2. The van der Waals surface area contributed by atoms with E-state index in [4.69, 9.17) is 0 Å². The van der Waals surface area contributed by atoms with E-state index in [1.807, 2.05) is 41.3 Å². The van der Waals surface area contributed by atoms with Gasteiger partial charge in [-0.15, -0.1) is 0 Å². The van der Waals surface area contributed by atoms with Crippen LogP contribution in [-0.4, -0.2) is 10.8 Å². The maximum absolute atomic E-state index is 13.0. The maximum atomic E-state index is 13.0. The summed E-state index contributed by atoms with van der Waals surface area (Å²) in [6, 6.07) is 20.5. The van der Waals surface area contributed by atoms with E-state index in [0.717, 1.165) is 19.3 Å². The molecule has 2 heteroatoms. The molecule has 0 fully saturated rings. The van der Waals surface area contributed by atoms with Gasteiger partial charge in [-0.1, -0.05) is 72.8 Å². The van der Waals surface area contributed by atoms with Crippen molar-refractivity contribution in [1.29, 1.82) is 0 Å². The van der Waals surface area contributed by atoms with Gasteiger partial charge in [0, 0.05) is 19.0 Å². The standard InChI is InChI=1S/C21H23NO/c23-21(20-14-8-3-9-15-20)22(16-18-10-4-1-5-11-18)17-19-12-6-2-7-13-19/h1-8,10-13,20H,9,14-17H2/t20-/m1/s1. The number of benzene rings is 2. The minimum absolute atomic E-state index is 0.132. The molecule has 0 N–H and O–H groups in total. The average Bonchev–Trinajstić information content (AvgIpc) is 2.63. The molecule has 3 rings (SSSR count). The molecule has 0 radical (unpaired) electrons. The summed E-state index contributed by atoms with van der Waals surface area (Å²) in [6.45, 7) is 1.35. The number of nitrogens with zero attached hydrogens (tertiary/aromatic N) is 1. The highest BCUT2D eigenvalue weighted by molar-refractivity contribution is 5.79. The fraction of sp³-hybridized carbons (Fsp3) is 0.286. The van der Waals surface area contributed by atoms with Gasteiger partial charge in [0.15, 0.2) is 0 Å². The van der Waals surface area contributed by atoms with E-state index in [1.54, 1.807) is 0 Å². The van der Waals surface area contributed by atoms with E-state index < -0.39 is 0 Å². The number of carbonyl (C=O) groups excluding carboxylic acids is 1. The third-order valence-electron chi connectivity index (χ3n) is 4.36. The van der Waals surface area contributed by atoms with Crippen molar-refractivity contribution in [2.45, 2.75) is 32.4 Å². The summed E-state index contributed by atoms with van der Waals surface area (Å²) in [5.74, 6) is 0.412. The summed E-state index contributed by atoms with van der Waals surface area (Å²) in [5.41, 5.74) is 2.37. The second-order valence-corrected chi connectivity index (χ2v) is 6.15. The Kier molecular flexibility index (Phi) is 5.25. The largest absolute Gasteiger partial charge is 0.334 e. The molecular weight excluding hydrogens is 282 g/mol. The molecule has 118 valence electrons. The summed E-state index contributed by atoms with van der Waals surface area (Å²) in [7, 11) is 0. The van der Waals surface area contributed by atoms with Crippen molar-refractivity contribution in [1.82, 2.24) is 4.90 Å². The minimum atomic E-state index is 0.132. The zero-order chi connectivity index (χ0) is 15.9. The van der Waals surface area contributed by atoms with Crippen LogP contribution in [0.15, 0.2) is 72.8 Å². The van der Waals surface area contributed by atoms with E-state index >= 15 is 0 Å². The molecule has 1 amide bonds. The van der Waals surface area contributed by atoms with Crippen LogP contribution in [0.4, 0.5) is 0 Å². The minimum Gasteiger partial charge on any atom is -0.334 e. The average molecular weight is 305 g/mol. The lowest BCUT2D eigenvalue weighted by Gasteiger charge is -2.28. The normalized spacial score (nSPS) is 17.0. The Morgan fingerprint density at radius 2 is 1.43 bits per heavy atom. The van der Waals surface area contributed by atoms with Crippen molar-refractivity contribution in [3.63, 3.8) is 0 Å². The zero-order valence-corrected chi connectivity index (χ0v) is 13.4. The molecule has 0 bridgehead atoms. The number of amides is 1. The molecule has 0 saturated carbocycles. The van der Waals surface area contributed by atoms with Gasteiger partial charge in [0.25, 0.3) is 0 Å². The quantitative estimate of drug-likeness (QED) is 0.741. The molecule has 1 aliphatic carbocycles. The van der Waals surface area contributed by atoms with Crippen LogP contribution in [0.25, 0.3) is 0 Å². The molecule has 2 nitrogen and oxygen atoms in total. The molecule has 1 atom stereocenters. The van der Waals surface area contributed by atoms with Crippen molar-refractivity contribution >= 4 is 5.91 Å². The lowest BCUT2D eigenvalue weighted by molar-refractivity contribution is -0.137. The van der Waals surface area contributed by atoms with Crippen molar-refractivity contribution in [2.24, 2.45) is 5.92 Å². The van der Waals surface area contributed by atoms with Gasteiger partial charge in [-0.2, -0.15) is 0 Å². The van der Waals surface area contributed by atoms with Gasteiger partial charge in [-0.05, 0) is 30.4 Å². The Morgan fingerprint density at radius 3 is 1.91 bits per heavy atom. The van der Waals surface area contributed by atoms with E-state index in [9.17, 15) is 4.79 Å². The van der Waals surface area contributed by atoms with Crippen LogP contribution >= 0.6 is 0 Å². The lowest BCUT2D eigenvalue weighted by atomic mass is 9.92. The number of carbonyl (C=O) groups is 1. The number of allylic oxidation sites excluding steroid dienone is 2. The Bertz CT molecular complexity index is 607. The smallest absolute Gasteiger partial charge is 0.226 e. The first kappa shape index (κ1) is 15.5. The summed E-state index contributed by atoms with van der Waals surface area (Å²) in [4.78, 5) is 15.0. The molecule has 1 aliphatic rings. The molecule has 23 heavy (non-hydrogen) atoms.